The zero-order valence-corrected chi connectivity index (χ0v) is 9.86. The Hall–Kier alpha value is -1.39. The Morgan fingerprint density at radius 2 is 1.65 bits per heavy atom. The lowest BCUT2D eigenvalue weighted by molar-refractivity contribution is 0.584. The number of nitrogens with zero attached hydrogens (tertiary/aromatic N) is 1. The third kappa shape index (κ3) is 2.84. The highest BCUT2D eigenvalue weighted by Crippen LogP contribution is 2.28. The standard InChI is InChI=1S/C11H6Cl2F2N2/c12-8-3-7(4-9(13)11(8)15)17-6-1-2-16-10(14)5-6/h1-5H,(H,16,17). The van der Waals surface area contributed by atoms with Crippen LogP contribution < -0.4 is 5.32 Å². The lowest BCUT2D eigenvalue weighted by Gasteiger charge is -2.08. The lowest BCUT2D eigenvalue weighted by Crippen LogP contribution is -1.93. The topological polar surface area (TPSA) is 24.9 Å². The molecule has 1 N–H and O–H groups in total. The maximum absolute atomic E-state index is 13.2. The number of anilines is 2. The molecule has 2 rings (SSSR count). The van der Waals surface area contributed by atoms with Crippen molar-refractivity contribution in [3.05, 3.63) is 52.3 Å². The molecule has 2 aromatic rings. The van der Waals surface area contributed by atoms with Gasteiger partial charge < -0.3 is 5.32 Å². The quantitative estimate of drug-likeness (QED) is 0.648. The highest BCUT2D eigenvalue weighted by molar-refractivity contribution is 6.35. The maximum atomic E-state index is 13.2. The van der Waals surface area contributed by atoms with Crippen LogP contribution in [0.15, 0.2) is 30.5 Å². The van der Waals surface area contributed by atoms with Crippen molar-refractivity contribution in [3.8, 4) is 0 Å². The Morgan fingerprint density at radius 1 is 1.00 bits per heavy atom. The molecule has 17 heavy (non-hydrogen) atoms. The van der Waals surface area contributed by atoms with E-state index in [0.717, 1.165) is 0 Å². The Morgan fingerprint density at radius 3 is 2.24 bits per heavy atom. The van der Waals surface area contributed by atoms with Gasteiger partial charge in [0.25, 0.3) is 0 Å². The van der Waals surface area contributed by atoms with Crippen molar-refractivity contribution in [2.45, 2.75) is 0 Å². The minimum Gasteiger partial charge on any atom is -0.355 e. The van der Waals surface area contributed by atoms with Gasteiger partial charge in [0, 0.05) is 23.6 Å². The summed E-state index contributed by atoms with van der Waals surface area (Å²) in [7, 11) is 0. The van der Waals surface area contributed by atoms with Crippen LogP contribution in [0, 0.1) is 11.8 Å². The third-order valence-corrected chi connectivity index (χ3v) is 2.55. The fourth-order valence-electron chi connectivity index (χ4n) is 1.27. The van der Waals surface area contributed by atoms with E-state index in [1.807, 2.05) is 0 Å². The highest BCUT2D eigenvalue weighted by atomic mass is 35.5. The highest BCUT2D eigenvalue weighted by Gasteiger charge is 2.07. The summed E-state index contributed by atoms with van der Waals surface area (Å²) in [6.07, 6.45) is 1.31. The number of benzene rings is 1. The number of pyridine rings is 1. The Balaban J connectivity index is 2.31. The van der Waals surface area contributed by atoms with E-state index < -0.39 is 11.8 Å². The van der Waals surface area contributed by atoms with Crippen molar-refractivity contribution < 1.29 is 8.78 Å². The van der Waals surface area contributed by atoms with Crippen molar-refractivity contribution >= 4 is 34.6 Å². The molecule has 0 bridgehead atoms. The molecule has 1 heterocycles. The number of hydrogen-bond acceptors (Lipinski definition) is 2. The van der Waals surface area contributed by atoms with Crippen LogP contribution in [0.25, 0.3) is 0 Å². The average molecular weight is 275 g/mol. The number of nitrogens with one attached hydrogen (secondary N) is 1. The largest absolute Gasteiger partial charge is 0.355 e. The second-order valence-corrected chi connectivity index (χ2v) is 4.06. The Labute approximate surface area is 106 Å². The van der Waals surface area contributed by atoms with E-state index in [9.17, 15) is 8.78 Å². The molecule has 0 radical (unpaired) electrons. The van der Waals surface area contributed by atoms with Gasteiger partial charge in [-0.05, 0) is 18.2 Å². The van der Waals surface area contributed by atoms with Crippen LogP contribution in [0.4, 0.5) is 20.2 Å². The predicted molar refractivity (Wildman–Crippen MR) is 63.9 cm³/mol. The molecule has 0 atom stereocenters. The second kappa shape index (κ2) is 4.85. The van der Waals surface area contributed by atoms with Gasteiger partial charge in [0.1, 0.15) is 0 Å². The van der Waals surface area contributed by atoms with Gasteiger partial charge in [-0.15, -0.1) is 0 Å². The third-order valence-electron chi connectivity index (χ3n) is 2.00. The SMILES string of the molecule is Fc1cc(Nc2cc(Cl)c(F)c(Cl)c2)ccn1. The molecule has 0 amide bonds. The van der Waals surface area contributed by atoms with Crippen LogP contribution in [-0.2, 0) is 0 Å². The number of halogens is 4. The molecule has 1 aromatic carbocycles. The molecular weight excluding hydrogens is 269 g/mol. The lowest BCUT2D eigenvalue weighted by atomic mass is 10.3. The molecule has 0 unspecified atom stereocenters. The molecule has 88 valence electrons. The first-order valence-corrected chi connectivity index (χ1v) is 5.35. The summed E-state index contributed by atoms with van der Waals surface area (Å²) < 4.78 is 26.0. The molecule has 0 spiro atoms. The minimum atomic E-state index is -0.681. The fourth-order valence-corrected chi connectivity index (χ4v) is 1.76. The van der Waals surface area contributed by atoms with Crippen LogP contribution in [0.5, 0.6) is 0 Å². The molecular formula is C11H6Cl2F2N2. The van der Waals surface area contributed by atoms with Crippen molar-refractivity contribution in [2.24, 2.45) is 0 Å². The zero-order valence-electron chi connectivity index (χ0n) is 8.35. The number of rotatable bonds is 2. The summed E-state index contributed by atoms with van der Waals surface area (Å²) in [4.78, 5) is 3.41. The second-order valence-electron chi connectivity index (χ2n) is 3.25. The summed E-state index contributed by atoms with van der Waals surface area (Å²) in [5, 5.41) is 2.63. The normalized spacial score (nSPS) is 10.4. The van der Waals surface area contributed by atoms with Crippen LogP contribution in [0.1, 0.15) is 0 Å². The van der Waals surface area contributed by atoms with Gasteiger partial charge in [-0.3, -0.25) is 0 Å². The van der Waals surface area contributed by atoms with Crippen LogP contribution >= 0.6 is 23.2 Å². The van der Waals surface area contributed by atoms with Crippen molar-refractivity contribution in [1.29, 1.82) is 0 Å². The van der Waals surface area contributed by atoms with E-state index >= 15 is 0 Å². The van der Waals surface area contributed by atoms with E-state index in [0.29, 0.717) is 11.4 Å². The molecule has 0 aliphatic carbocycles. The first kappa shape index (κ1) is 12.1. The van der Waals surface area contributed by atoms with Crippen molar-refractivity contribution in [3.63, 3.8) is 0 Å². The van der Waals surface area contributed by atoms with Gasteiger partial charge in [-0.25, -0.2) is 9.37 Å². The average Bonchev–Trinajstić information content (AvgIpc) is 2.26. The Bertz CT molecular complexity index is 538. The van der Waals surface area contributed by atoms with Crippen molar-refractivity contribution in [1.82, 2.24) is 4.98 Å². The van der Waals surface area contributed by atoms with Gasteiger partial charge in [0.2, 0.25) is 5.95 Å². The summed E-state index contributed by atoms with van der Waals surface area (Å²) in [6, 6.07) is 5.49. The summed E-state index contributed by atoms with van der Waals surface area (Å²) in [6.45, 7) is 0. The van der Waals surface area contributed by atoms with E-state index in [-0.39, 0.29) is 10.0 Å². The van der Waals surface area contributed by atoms with Gasteiger partial charge in [-0.1, -0.05) is 23.2 Å². The summed E-state index contributed by atoms with van der Waals surface area (Å²) in [5.74, 6) is -1.30. The van der Waals surface area contributed by atoms with Crippen LogP contribution in [0.3, 0.4) is 0 Å². The van der Waals surface area contributed by atoms with Gasteiger partial charge >= 0.3 is 0 Å². The van der Waals surface area contributed by atoms with Crippen molar-refractivity contribution in [2.75, 3.05) is 5.32 Å². The fraction of sp³-hybridized carbons (Fsp3) is 0. The monoisotopic (exact) mass is 274 g/mol. The zero-order chi connectivity index (χ0) is 12.4. The summed E-state index contributed by atoms with van der Waals surface area (Å²) >= 11 is 11.3. The first-order valence-electron chi connectivity index (χ1n) is 4.59. The molecule has 2 nitrogen and oxygen atoms in total. The summed E-state index contributed by atoms with van der Waals surface area (Å²) in [5.41, 5.74) is 0.934. The van der Waals surface area contributed by atoms with Gasteiger partial charge in [0.05, 0.1) is 10.0 Å². The van der Waals surface area contributed by atoms with E-state index in [2.05, 4.69) is 10.3 Å². The maximum Gasteiger partial charge on any atom is 0.214 e. The number of hydrogen-bond donors (Lipinski definition) is 1. The molecule has 0 saturated carbocycles. The minimum absolute atomic E-state index is 0.102. The van der Waals surface area contributed by atoms with E-state index in [1.165, 1.54) is 24.4 Å². The number of aromatic nitrogens is 1. The molecule has 0 aliphatic heterocycles. The molecule has 0 aliphatic rings. The molecule has 6 heteroatoms. The van der Waals surface area contributed by atoms with E-state index in [1.54, 1.807) is 6.07 Å². The smallest absolute Gasteiger partial charge is 0.214 e. The van der Waals surface area contributed by atoms with Gasteiger partial charge in [0.15, 0.2) is 5.82 Å². The van der Waals surface area contributed by atoms with Crippen LogP contribution in [0.2, 0.25) is 10.0 Å². The molecule has 0 fully saturated rings. The van der Waals surface area contributed by atoms with Gasteiger partial charge in [-0.2, -0.15) is 4.39 Å². The Kier molecular flexibility index (Phi) is 3.45. The predicted octanol–water partition coefficient (Wildman–Crippen LogP) is 4.41. The van der Waals surface area contributed by atoms with Crippen LogP contribution in [-0.4, -0.2) is 4.98 Å². The first-order chi connectivity index (χ1) is 8.06. The van der Waals surface area contributed by atoms with E-state index in [4.69, 9.17) is 23.2 Å². The molecule has 0 saturated heterocycles. The molecule has 1 aromatic heterocycles.